The van der Waals surface area contributed by atoms with Crippen LogP contribution in [-0.4, -0.2) is 41.2 Å². The molecule has 1 N–H and O–H groups in total. The van der Waals surface area contributed by atoms with Crippen LogP contribution in [-0.2, 0) is 18.0 Å². The summed E-state index contributed by atoms with van der Waals surface area (Å²) in [7, 11) is 0. The van der Waals surface area contributed by atoms with Crippen LogP contribution in [0.2, 0.25) is 0 Å². The number of halogens is 1. The first kappa shape index (κ1) is 16.3. The maximum absolute atomic E-state index is 13.4. The van der Waals surface area contributed by atoms with Gasteiger partial charge in [0.2, 0.25) is 5.95 Å². The quantitative estimate of drug-likeness (QED) is 0.909. The van der Waals surface area contributed by atoms with Crippen LogP contribution in [0.1, 0.15) is 16.8 Å². The van der Waals surface area contributed by atoms with Gasteiger partial charge in [0.1, 0.15) is 6.67 Å². The van der Waals surface area contributed by atoms with Crippen LogP contribution >= 0.6 is 0 Å². The molecule has 0 aliphatic carbocycles. The number of anilines is 2. The Labute approximate surface area is 139 Å². The monoisotopic (exact) mass is 327 g/mol. The third-order valence-electron chi connectivity index (χ3n) is 3.83. The van der Waals surface area contributed by atoms with E-state index in [1.54, 1.807) is 30.5 Å². The van der Waals surface area contributed by atoms with E-state index in [1.807, 2.05) is 0 Å². The van der Waals surface area contributed by atoms with Crippen molar-refractivity contribution in [2.24, 2.45) is 0 Å². The summed E-state index contributed by atoms with van der Waals surface area (Å²) in [4.78, 5) is 10.7. The Morgan fingerprint density at radius 2 is 2.17 bits per heavy atom. The average Bonchev–Trinajstić information content (AvgIpc) is 2.64. The first-order valence-corrected chi connectivity index (χ1v) is 7.76. The summed E-state index contributed by atoms with van der Waals surface area (Å²) in [6.07, 6.45) is 1.66. The van der Waals surface area contributed by atoms with Gasteiger partial charge < -0.3 is 10.1 Å². The molecule has 1 aromatic heterocycles. The van der Waals surface area contributed by atoms with Crippen LogP contribution in [0, 0.1) is 11.3 Å². The van der Waals surface area contributed by atoms with Gasteiger partial charge in [0.25, 0.3) is 0 Å². The van der Waals surface area contributed by atoms with Gasteiger partial charge in [-0.05, 0) is 18.2 Å². The molecular weight excluding hydrogens is 309 g/mol. The molecule has 2 heterocycles. The van der Waals surface area contributed by atoms with Crippen molar-refractivity contribution in [3.63, 3.8) is 0 Å². The highest BCUT2D eigenvalue weighted by atomic mass is 19.1. The minimum Gasteiger partial charge on any atom is -0.379 e. The molecule has 0 unspecified atom stereocenters. The minimum absolute atomic E-state index is 0.323. The fourth-order valence-electron chi connectivity index (χ4n) is 2.55. The second-order valence-corrected chi connectivity index (χ2v) is 5.51. The predicted molar refractivity (Wildman–Crippen MR) is 87.4 cm³/mol. The molecule has 0 bridgehead atoms. The van der Waals surface area contributed by atoms with Crippen molar-refractivity contribution in [2.45, 2.75) is 13.2 Å². The maximum Gasteiger partial charge on any atom is 0.227 e. The van der Waals surface area contributed by atoms with Crippen LogP contribution in [0.4, 0.5) is 16.0 Å². The molecule has 0 radical (unpaired) electrons. The van der Waals surface area contributed by atoms with Gasteiger partial charge in [-0.25, -0.2) is 14.4 Å². The van der Waals surface area contributed by atoms with E-state index < -0.39 is 6.67 Å². The van der Waals surface area contributed by atoms with E-state index in [0.29, 0.717) is 42.7 Å². The molecule has 124 valence electrons. The maximum atomic E-state index is 13.4. The molecule has 0 amide bonds. The van der Waals surface area contributed by atoms with E-state index in [0.717, 1.165) is 18.7 Å². The number of nitrogens with one attached hydrogen (secondary N) is 1. The van der Waals surface area contributed by atoms with Crippen molar-refractivity contribution >= 4 is 11.6 Å². The molecule has 1 saturated heterocycles. The van der Waals surface area contributed by atoms with Crippen molar-refractivity contribution in [2.75, 3.05) is 31.6 Å². The van der Waals surface area contributed by atoms with E-state index >= 15 is 0 Å². The molecule has 1 fully saturated rings. The van der Waals surface area contributed by atoms with Crippen LogP contribution in [0.15, 0.2) is 30.5 Å². The van der Waals surface area contributed by atoms with Gasteiger partial charge in [-0.3, -0.25) is 4.90 Å². The Kier molecular flexibility index (Phi) is 5.31. The van der Waals surface area contributed by atoms with E-state index in [-0.39, 0.29) is 0 Å². The summed E-state index contributed by atoms with van der Waals surface area (Å²) in [5.41, 5.74) is 2.40. The highest BCUT2D eigenvalue weighted by Gasteiger charge is 2.14. The van der Waals surface area contributed by atoms with Gasteiger partial charge in [-0.15, -0.1) is 0 Å². The largest absolute Gasteiger partial charge is 0.379 e. The number of ether oxygens (including phenoxy) is 1. The topological polar surface area (TPSA) is 74.1 Å². The zero-order valence-electron chi connectivity index (χ0n) is 13.2. The number of nitriles is 1. The molecule has 0 saturated carbocycles. The molecule has 6 nitrogen and oxygen atoms in total. The lowest BCUT2D eigenvalue weighted by Gasteiger charge is -2.26. The summed E-state index contributed by atoms with van der Waals surface area (Å²) >= 11 is 0. The summed E-state index contributed by atoms with van der Waals surface area (Å²) in [5.74, 6) is 0.323. The highest BCUT2D eigenvalue weighted by molar-refractivity contribution is 5.56. The first-order chi connectivity index (χ1) is 11.8. The number of benzene rings is 1. The third kappa shape index (κ3) is 4.04. The van der Waals surface area contributed by atoms with Gasteiger partial charge in [0, 0.05) is 37.1 Å². The fraction of sp³-hybridized carbons (Fsp3) is 0.353. The smallest absolute Gasteiger partial charge is 0.227 e. The van der Waals surface area contributed by atoms with Gasteiger partial charge >= 0.3 is 0 Å². The lowest BCUT2D eigenvalue weighted by Crippen LogP contribution is -2.36. The zero-order valence-corrected chi connectivity index (χ0v) is 13.2. The molecule has 1 aromatic carbocycles. The van der Waals surface area contributed by atoms with E-state index in [9.17, 15) is 4.39 Å². The van der Waals surface area contributed by atoms with E-state index in [2.05, 4.69) is 26.3 Å². The molecule has 3 rings (SSSR count). The average molecular weight is 327 g/mol. The third-order valence-corrected chi connectivity index (χ3v) is 3.83. The summed E-state index contributed by atoms with van der Waals surface area (Å²) < 4.78 is 18.7. The number of aromatic nitrogens is 2. The Morgan fingerprint density at radius 1 is 1.33 bits per heavy atom. The molecule has 7 heteroatoms. The summed E-state index contributed by atoms with van der Waals surface area (Å²) in [6, 6.07) is 9.06. The predicted octanol–water partition coefficient (Wildman–Crippen LogP) is 2.39. The van der Waals surface area contributed by atoms with Crippen molar-refractivity contribution in [1.82, 2.24) is 14.9 Å². The molecule has 2 aromatic rings. The Balaban J connectivity index is 1.74. The standard InChI is InChI=1S/C17H18FN5O/c18-9-16-14(12-23-4-6-24-7-5-23)11-20-17(22-16)21-15-3-1-2-13(8-15)10-19/h1-3,8,11H,4-7,9,12H2,(H,20,21,22). The first-order valence-electron chi connectivity index (χ1n) is 7.76. The van der Waals surface area contributed by atoms with Crippen molar-refractivity contribution in [1.29, 1.82) is 5.26 Å². The Bertz CT molecular complexity index is 740. The SMILES string of the molecule is N#Cc1cccc(Nc2ncc(CN3CCOCC3)c(CF)n2)c1. The molecule has 1 aliphatic rings. The second kappa shape index (κ2) is 7.81. The van der Waals surface area contributed by atoms with Crippen molar-refractivity contribution in [3.05, 3.63) is 47.3 Å². The highest BCUT2D eigenvalue weighted by Crippen LogP contribution is 2.17. The number of rotatable bonds is 5. The van der Waals surface area contributed by atoms with E-state index in [4.69, 9.17) is 10.00 Å². The van der Waals surface area contributed by atoms with E-state index in [1.165, 1.54) is 0 Å². The lowest BCUT2D eigenvalue weighted by atomic mass is 10.2. The molecule has 0 atom stereocenters. The van der Waals surface area contributed by atoms with Crippen LogP contribution in [0.25, 0.3) is 0 Å². The number of nitrogens with zero attached hydrogens (tertiary/aromatic N) is 4. The Hall–Kier alpha value is -2.56. The van der Waals surface area contributed by atoms with Gasteiger partial charge in [-0.1, -0.05) is 6.07 Å². The Morgan fingerprint density at radius 3 is 2.92 bits per heavy atom. The number of alkyl halides is 1. The molecule has 0 spiro atoms. The van der Waals surface area contributed by atoms with Crippen LogP contribution in [0.5, 0.6) is 0 Å². The van der Waals surface area contributed by atoms with Crippen molar-refractivity contribution < 1.29 is 9.13 Å². The fourth-order valence-corrected chi connectivity index (χ4v) is 2.55. The minimum atomic E-state index is -0.644. The van der Waals surface area contributed by atoms with Crippen molar-refractivity contribution in [3.8, 4) is 6.07 Å². The van der Waals surface area contributed by atoms with Gasteiger partial charge in [0.05, 0.1) is 30.5 Å². The van der Waals surface area contributed by atoms with Gasteiger partial charge in [0.15, 0.2) is 0 Å². The summed E-state index contributed by atoms with van der Waals surface area (Å²) in [5, 5.41) is 11.9. The number of hydrogen-bond acceptors (Lipinski definition) is 6. The van der Waals surface area contributed by atoms with Crippen LogP contribution in [0.3, 0.4) is 0 Å². The lowest BCUT2D eigenvalue weighted by molar-refractivity contribution is 0.0339. The molecule has 24 heavy (non-hydrogen) atoms. The number of morpholine rings is 1. The normalized spacial score (nSPS) is 15.0. The number of hydrogen-bond donors (Lipinski definition) is 1. The summed E-state index contributed by atoms with van der Waals surface area (Å²) in [6.45, 7) is 3.02. The van der Waals surface area contributed by atoms with Gasteiger partial charge in [-0.2, -0.15) is 5.26 Å². The van der Waals surface area contributed by atoms with Crippen LogP contribution < -0.4 is 5.32 Å². The second-order valence-electron chi connectivity index (χ2n) is 5.51. The molecule has 1 aliphatic heterocycles. The molecular formula is C17H18FN5O. The zero-order chi connectivity index (χ0) is 16.8.